The van der Waals surface area contributed by atoms with E-state index in [9.17, 15) is 0 Å². The molecule has 2 heterocycles. The molecular weight excluding hydrogens is 250 g/mol. The second-order valence-electron chi connectivity index (χ2n) is 5.76. The van der Waals surface area contributed by atoms with Crippen molar-refractivity contribution in [2.45, 2.75) is 39.0 Å². The normalized spacial score (nSPS) is 20.2. The Morgan fingerprint density at radius 3 is 3.05 bits per heavy atom. The van der Waals surface area contributed by atoms with Crippen LogP contribution in [-0.4, -0.2) is 18.1 Å². The van der Waals surface area contributed by atoms with E-state index < -0.39 is 0 Å². The Labute approximate surface area is 120 Å². The van der Waals surface area contributed by atoms with Crippen molar-refractivity contribution in [2.24, 2.45) is 5.92 Å². The first-order chi connectivity index (χ1) is 9.78. The van der Waals surface area contributed by atoms with Gasteiger partial charge in [-0.05, 0) is 37.3 Å². The van der Waals surface area contributed by atoms with Crippen molar-refractivity contribution in [3.05, 3.63) is 18.2 Å². The smallest absolute Gasteiger partial charge is 0.298 e. The molecule has 1 saturated heterocycles. The molecule has 3 rings (SSSR count). The van der Waals surface area contributed by atoms with Gasteiger partial charge in [-0.1, -0.05) is 25.8 Å². The van der Waals surface area contributed by atoms with Gasteiger partial charge in [0.15, 0.2) is 5.58 Å². The number of nitrogen functional groups attached to an aromatic ring is 1. The summed E-state index contributed by atoms with van der Waals surface area (Å²) in [5, 5.41) is 0. The second-order valence-corrected chi connectivity index (χ2v) is 5.76. The lowest BCUT2D eigenvalue weighted by molar-refractivity contribution is 0.434. The summed E-state index contributed by atoms with van der Waals surface area (Å²) in [5.41, 5.74) is 8.22. The molecule has 0 saturated carbocycles. The lowest BCUT2D eigenvalue weighted by Crippen LogP contribution is -2.24. The van der Waals surface area contributed by atoms with E-state index in [2.05, 4.69) is 16.8 Å². The Morgan fingerprint density at radius 1 is 1.35 bits per heavy atom. The third kappa shape index (κ3) is 2.60. The summed E-state index contributed by atoms with van der Waals surface area (Å²) in [4.78, 5) is 6.86. The van der Waals surface area contributed by atoms with Crippen molar-refractivity contribution >= 4 is 22.8 Å². The maximum absolute atomic E-state index is 5.95. The topological polar surface area (TPSA) is 55.3 Å². The highest BCUT2D eigenvalue weighted by atomic mass is 16.4. The van der Waals surface area contributed by atoms with Gasteiger partial charge >= 0.3 is 0 Å². The number of oxazole rings is 1. The van der Waals surface area contributed by atoms with Gasteiger partial charge in [0.05, 0.1) is 5.69 Å². The Kier molecular flexibility index (Phi) is 3.81. The molecule has 108 valence electrons. The average molecular weight is 273 g/mol. The summed E-state index contributed by atoms with van der Waals surface area (Å²) in [7, 11) is 0. The zero-order valence-corrected chi connectivity index (χ0v) is 12.1. The van der Waals surface area contributed by atoms with Gasteiger partial charge in [0, 0.05) is 13.1 Å². The van der Waals surface area contributed by atoms with Crippen molar-refractivity contribution in [1.29, 1.82) is 0 Å². The van der Waals surface area contributed by atoms with Crippen LogP contribution in [0.25, 0.3) is 11.1 Å². The fourth-order valence-electron chi connectivity index (χ4n) is 3.15. The number of nitrogens with two attached hydrogens (primary N) is 1. The largest absolute Gasteiger partial charge is 0.423 e. The molecule has 0 spiro atoms. The molecule has 4 nitrogen and oxygen atoms in total. The molecule has 1 aromatic heterocycles. The van der Waals surface area contributed by atoms with Gasteiger partial charge in [0.2, 0.25) is 0 Å². The van der Waals surface area contributed by atoms with Crippen molar-refractivity contribution in [3.63, 3.8) is 0 Å². The molecule has 1 unspecified atom stereocenters. The van der Waals surface area contributed by atoms with Crippen molar-refractivity contribution in [3.8, 4) is 0 Å². The maximum Gasteiger partial charge on any atom is 0.298 e. The number of para-hydroxylation sites is 1. The van der Waals surface area contributed by atoms with Crippen LogP contribution in [0.3, 0.4) is 0 Å². The third-order valence-electron chi connectivity index (χ3n) is 4.25. The first-order valence-corrected chi connectivity index (χ1v) is 7.68. The monoisotopic (exact) mass is 273 g/mol. The minimum atomic E-state index is 0.691. The van der Waals surface area contributed by atoms with Crippen molar-refractivity contribution < 1.29 is 4.42 Å². The molecule has 0 bridgehead atoms. The van der Waals surface area contributed by atoms with Crippen LogP contribution in [0.5, 0.6) is 0 Å². The average Bonchev–Trinajstić information content (AvgIpc) is 2.74. The lowest BCUT2D eigenvalue weighted by atomic mass is 9.96. The van der Waals surface area contributed by atoms with Gasteiger partial charge in [-0.15, -0.1) is 0 Å². The molecule has 1 fully saturated rings. The lowest BCUT2D eigenvalue weighted by Gasteiger charge is -2.17. The molecule has 1 aromatic carbocycles. The highest BCUT2D eigenvalue weighted by Crippen LogP contribution is 2.29. The fraction of sp³-hybridized carbons (Fsp3) is 0.562. The molecule has 0 aliphatic carbocycles. The molecule has 0 amide bonds. The molecule has 0 radical (unpaired) electrons. The molecule has 1 aliphatic heterocycles. The molecule has 2 N–H and O–H groups in total. The van der Waals surface area contributed by atoms with E-state index in [1.807, 2.05) is 18.2 Å². The first-order valence-electron chi connectivity index (χ1n) is 7.68. The zero-order valence-electron chi connectivity index (χ0n) is 12.1. The Hall–Kier alpha value is -1.71. The number of anilines is 2. The molecule has 4 heteroatoms. The Morgan fingerprint density at radius 2 is 2.25 bits per heavy atom. The van der Waals surface area contributed by atoms with Gasteiger partial charge in [0.1, 0.15) is 5.52 Å². The Balaban J connectivity index is 1.79. The number of nitrogens with zero attached hydrogens (tertiary/aromatic N) is 2. The van der Waals surface area contributed by atoms with E-state index in [0.717, 1.165) is 36.1 Å². The number of rotatable bonds is 3. The van der Waals surface area contributed by atoms with Crippen molar-refractivity contribution in [1.82, 2.24) is 4.98 Å². The van der Waals surface area contributed by atoms with Crippen molar-refractivity contribution in [2.75, 3.05) is 23.7 Å². The summed E-state index contributed by atoms with van der Waals surface area (Å²) >= 11 is 0. The highest BCUT2D eigenvalue weighted by molar-refractivity contribution is 5.86. The minimum Gasteiger partial charge on any atom is -0.423 e. The number of benzene rings is 1. The SMILES string of the molecule is CCCC1CCCN(c2nc3c(N)cccc3o2)CC1. The van der Waals surface area contributed by atoms with Crippen LogP contribution in [0, 0.1) is 5.92 Å². The molecule has 20 heavy (non-hydrogen) atoms. The van der Waals surface area contributed by atoms with Crippen LogP contribution >= 0.6 is 0 Å². The number of hydrogen-bond acceptors (Lipinski definition) is 4. The van der Waals surface area contributed by atoms with E-state index >= 15 is 0 Å². The predicted octanol–water partition coefficient (Wildman–Crippen LogP) is 3.82. The van der Waals surface area contributed by atoms with E-state index in [0.29, 0.717) is 5.69 Å². The molecule has 2 aromatic rings. The number of aromatic nitrogens is 1. The fourth-order valence-corrected chi connectivity index (χ4v) is 3.15. The van der Waals surface area contributed by atoms with Crippen LogP contribution in [0.4, 0.5) is 11.7 Å². The summed E-state index contributed by atoms with van der Waals surface area (Å²) in [6, 6.07) is 6.44. The van der Waals surface area contributed by atoms with Gasteiger partial charge in [0.25, 0.3) is 6.01 Å². The van der Waals surface area contributed by atoms with Gasteiger partial charge in [-0.3, -0.25) is 0 Å². The van der Waals surface area contributed by atoms with Crippen LogP contribution in [0.2, 0.25) is 0 Å². The van der Waals surface area contributed by atoms with Crippen LogP contribution in [0.15, 0.2) is 22.6 Å². The Bertz CT molecular complexity index is 578. The third-order valence-corrected chi connectivity index (χ3v) is 4.25. The zero-order chi connectivity index (χ0) is 13.9. The summed E-state index contributed by atoms with van der Waals surface area (Å²) in [6.45, 7) is 4.34. The number of hydrogen-bond donors (Lipinski definition) is 1. The summed E-state index contributed by atoms with van der Waals surface area (Å²) < 4.78 is 5.87. The number of fused-ring (bicyclic) bond motifs is 1. The molecule has 1 aliphatic rings. The van der Waals surface area contributed by atoms with E-state index in [1.54, 1.807) is 0 Å². The van der Waals surface area contributed by atoms with Crippen LogP contribution in [-0.2, 0) is 0 Å². The quantitative estimate of drug-likeness (QED) is 0.864. The van der Waals surface area contributed by atoms with E-state index in [4.69, 9.17) is 10.2 Å². The minimum absolute atomic E-state index is 0.691. The molecule has 1 atom stereocenters. The van der Waals surface area contributed by atoms with Gasteiger partial charge in [-0.2, -0.15) is 4.98 Å². The second kappa shape index (κ2) is 5.73. The maximum atomic E-state index is 5.95. The summed E-state index contributed by atoms with van der Waals surface area (Å²) in [6.07, 6.45) is 6.41. The van der Waals surface area contributed by atoms with Crippen LogP contribution < -0.4 is 10.6 Å². The van der Waals surface area contributed by atoms with Gasteiger partial charge in [-0.25, -0.2) is 0 Å². The summed E-state index contributed by atoms with van der Waals surface area (Å²) in [5.74, 6) is 0.861. The standard InChI is InChI=1S/C16H23N3O/c1-2-5-12-6-4-10-19(11-9-12)16-18-15-13(17)7-3-8-14(15)20-16/h3,7-8,12H,2,4-6,9-11,17H2,1H3. The highest BCUT2D eigenvalue weighted by Gasteiger charge is 2.20. The first kappa shape index (κ1) is 13.3. The van der Waals surface area contributed by atoms with Crippen LogP contribution in [0.1, 0.15) is 39.0 Å². The molecular formula is C16H23N3O. The van der Waals surface area contributed by atoms with E-state index in [-0.39, 0.29) is 0 Å². The van der Waals surface area contributed by atoms with E-state index in [1.165, 1.54) is 32.1 Å². The predicted molar refractivity (Wildman–Crippen MR) is 82.9 cm³/mol. The van der Waals surface area contributed by atoms with Gasteiger partial charge < -0.3 is 15.1 Å².